The van der Waals surface area contributed by atoms with Crippen molar-refractivity contribution in [2.45, 2.75) is 92.7 Å². The van der Waals surface area contributed by atoms with Crippen LogP contribution in [-0.4, -0.2) is 152 Å². The number of hydrogen-bond acceptors (Lipinski definition) is 12. The number of alkyl carbamates (subject to hydrolysis) is 1. The summed E-state index contributed by atoms with van der Waals surface area (Å²) in [5.41, 5.74) is 14.4. The Balaban J connectivity index is 0.856. The molecule has 2 saturated heterocycles. The van der Waals surface area contributed by atoms with Gasteiger partial charge in [-0.1, -0.05) is 116 Å². The lowest BCUT2D eigenvalue weighted by Crippen LogP contribution is -2.58. The third-order valence-corrected chi connectivity index (χ3v) is 15.2. The lowest BCUT2D eigenvalue weighted by Gasteiger charge is -2.25. The molecule has 6 atom stereocenters. The molecule has 2 heterocycles. The molecule has 0 radical (unpaired) electrons. The molecule has 2 fully saturated rings. The van der Waals surface area contributed by atoms with E-state index in [1.165, 1.54) is 0 Å². The largest absolute Gasteiger partial charge is 0.449 e. The summed E-state index contributed by atoms with van der Waals surface area (Å²) in [7, 11) is 0. The van der Waals surface area contributed by atoms with Crippen molar-refractivity contribution in [2.24, 2.45) is 0 Å². The Morgan fingerprint density at radius 3 is 1.85 bits per heavy atom. The standard InChI is InChI=1S/C57H68N10O11S/c58-62-33-39(68)23-24-45(63-55(73)47(32-38-15-5-2-6-16-38)66-57(75)78-35-44-42-19-9-7-17-40(42)41-18-8-10-20-43(41)44)54(72)64-46(31-37-13-3-1-4-14-37)53(71)61-34-51(70)60-26-28-77-30-29-76-27-25-59-50(69)22-12-11-21-49-52-48(36-79-49)65-56(74)67-52/h1-10,13-20,33,44-49,52H,11-12,21-32,34-36H2,(H,59,69)(H,60,70)(H,61,71)(H,63,73)(H,64,72)(H,66,75)(H2,65,67,74)/t45-,46-,47-,48-,49-,52-/m0/s1. The van der Waals surface area contributed by atoms with E-state index in [0.717, 1.165) is 47.3 Å². The number of thioether (sulfide) groups is 1. The number of benzene rings is 4. The predicted octanol–water partition coefficient (Wildman–Crippen LogP) is 3.11. The molecule has 79 heavy (non-hydrogen) atoms. The van der Waals surface area contributed by atoms with Gasteiger partial charge in [0.2, 0.25) is 35.3 Å². The molecule has 4 aromatic carbocycles. The van der Waals surface area contributed by atoms with Crippen molar-refractivity contribution in [3.63, 3.8) is 0 Å². The highest BCUT2D eigenvalue weighted by Crippen LogP contribution is 2.44. The third-order valence-electron chi connectivity index (χ3n) is 13.7. The lowest BCUT2D eigenvalue weighted by atomic mass is 9.98. The molecular weight excluding hydrogens is 1030 g/mol. The van der Waals surface area contributed by atoms with Gasteiger partial charge in [0, 0.05) is 55.7 Å². The average Bonchev–Trinajstić information content (AvgIpc) is 4.36. The molecule has 0 saturated carbocycles. The van der Waals surface area contributed by atoms with Gasteiger partial charge in [0.25, 0.3) is 0 Å². The molecule has 8 amide bonds. The molecular formula is C57H68N10O11S. The molecule has 418 valence electrons. The Kier molecular flexibility index (Phi) is 23.0. The smallest absolute Gasteiger partial charge is 0.407 e. The highest BCUT2D eigenvalue weighted by atomic mass is 32.2. The molecule has 4 aromatic rings. The fourth-order valence-corrected chi connectivity index (χ4v) is 11.2. The van der Waals surface area contributed by atoms with Crippen LogP contribution in [0.3, 0.4) is 0 Å². The maximum Gasteiger partial charge on any atom is 0.407 e. The number of ether oxygens (including phenoxy) is 3. The number of Topliss-reactive ketones (excluding diaryl/α,β-unsaturated/α-hetero) is 1. The number of fused-ring (bicyclic) bond motifs is 4. The fourth-order valence-electron chi connectivity index (χ4n) is 9.69. The van der Waals surface area contributed by atoms with E-state index in [2.05, 4.69) is 47.3 Å². The molecule has 7 rings (SSSR count). The minimum atomic E-state index is -1.44. The summed E-state index contributed by atoms with van der Waals surface area (Å²) in [4.78, 5) is 108. The Labute approximate surface area is 462 Å². The summed E-state index contributed by atoms with van der Waals surface area (Å²) in [6, 6.07) is 29.7. The summed E-state index contributed by atoms with van der Waals surface area (Å²) in [5.74, 6) is -2.89. The predicted molar refractivity (Wildman–Crippen MR) is 295 cm³/mol. The Morgan fingerprint density at radius 1 is 0.646 bits per heavy atom. The number of urea groups is 1. The van der Waals surface area contributed by atoms with Gasteiger partial charge in [-0.25, -0.2) is 9.59 Å². The van der Waals surface area contributed by atoms with E-state index in [9.17, 15) is 38.4 Å². The number of ketones is 1. The zero-order chi connectivity index (χ0) is 55.8. The van der Waals surface area contributed by atoms with E-state index in [4.69, 9.17) is 19.7 Å². The number of nitrogens with one attached hydrogen (secondary N) is 8. The molecule has 1 aliphatic carbocycles. The van der Waals surface area contributed by atoms with Crippen LogP contribution < -0.4 is 42.5 Å². The molecule has 3 aliphatic rings. The van der Waals surface area contributed by atoms with Gasteiger partial charge >= 0.3 is 18.3 Å². The SMILES string of the molecule is [N-]=[N+]=CC(=O)CC[C@H](NC(=O)[C@H](Cc1ccccc1)NC(=O)OCC1c2ccccc2-c2ccccc21)C(=O)N[C@@H](Cc1ccccc1)C(=O)NCC(=O)NCCOCCOCCNC(=O)CCCC[C@@H]1SC[C@@H]2NC(=O)N[C@@H]21. The van der Waals surface area contributed by atoms with Crippen molar-refractivity contribution in [1.82, 2.24) is 42.5 Å². The Morgan fingerprint density at radius 2 is 1.22 bits per heavy atom. The van der Waals surface area contributed by atoms with Crippen molar-refractivity contribution in [2.75, 3.05) is 58.4 Å². The number of carbonyl (C=O) groups excluding carboxylic acids is 8. The van der Waals surface area contributed by atoms with Gasteiger partial charge in [-0.2, -0.15) is 16.6 Å². The van der Waals surface area contributed by atoms with Gasteiger partial charge in [0.15, 0.2) is 0 Å². The van der Waals surface area contributed by atoms with E-state index >= 15 is 0 Å². The lowest BCUT2D eigenvalue weighted by molar-refractivity contribution is -0.133. The summed E-state index contributed by atoms with van der Waals surface area (Å²) >= 11 is 1.86. The van der Waals surface area contributed by atoms with E-state index < -0.39 is 60.2 Å². The quantitative estimate of drug-likeness (QED) is 0.0115. The molecule has 0 bridgehead atoms. The number of amides is 8. The second-order valence-corrected chi connectivity index (χ2v) is 20.6. The first-order chi connectivity index (χ1) is 38.4. The summed E-state index contributed by atoms with van der Waals surface area (Å²) in [6.07, 6.45) is 2.18. The first kappa shape index (κ1) is 58.8. The second-order valence-electron chi connectivity index (χ2n) is 19.3. The van der Waals surface area contributed by atoms with Crippen molar-refractivity contribution < 1.29 is 57.4 Å². The van der Waals surface area contributed by atoms with Gasteiger partial charge in [-0.05, 0) is 52.6 Å². The van der Waals surface area contributed by atoms with Crippen molar-refractivity contribution in [1.29, 1.82) is 0 Å². The van der Waals surface area contributed by atoms with Gasteiger partial charge in [0.1, 0.15) is 24.7 Å². The monoisotopic (exact) mass is 1100 g/mol. The average molecular weight is 1100 g/mol. The number of nitrogens with zero attached hydrogens (tertiary/aromatic N) is 2. The van der Waals surface area contributed by atoms with Crippen molar-refractivity contribution in [3.8, 4) is 11.1 Å². The number of rotatable bonds is 32. The minimum absolute atomic E-state index is 0.00261. The van der Waals surface area contributed by atoms with Crippen molar-refractivity contribution >= 4 is 65.4 Å². The Hall–Kier alpha value is -7.91. The van der Waals surface area contributed by atoms with Crippen LogP contribution in [0.2, 0.25) is 0 Å². The van der Waals surface area contributed by atoms with E-state index in [1.54, 1.807) is 60.7 Å². The summed E-state index contributed by atoms with van der Waals surface area (Å²) in [5, 5.41) is 22.4. The van der Waals surface area contributed by atoms with Gasteiger partial charge in [-0.3, -0.25) is 28.8 Å². The zero-order valence-electron chi connectivity index (χ0n) is 43.8. The van der Waals surface area contributed by atoms with Gasteiger partial charge in [0.05, 0.1) is 45.1 Å². The number of hydrogen-bond donors (Lipinski definition) is 8. The van der Waals surface area contributed by atoms with Crippen LogP contribution in [0, 0.1) is 0 Å². The molecule has 8 N–H and O–H groups in total. The topological polar surface area (TPSA) is 297 Å². The molecule has 0 spiro atoms. The van der Waals surface area contributed by atoms with Gasteiger partial charge < -0.3 is 62.3 Å². The first-order valence-electron chi connectivity index (χ1n) is 26.6. The Bertz CT molecular complexity index is 2740. The minimum Gasteiger partial charge on any atom is -0.449 e. The van der Waals surface area contributed by atoms with Gasteiger partial charge in [-0.15, -0.1) is 0 Å². The van der Waals surface area contributed by atoms with E-state index in [1.807, 2.05) is 60.3 Å². The molecule has 2 aliphatic heterocycles. The highest BCUT2D eigenvalue weighted by Gasteiger charge is 2.42. The molecule has 21 nitrogen and oxygen atoms in total. The number of carbonyl (C=O) groups is 8. The third kappa shape index (κ3) is 18.3. The van der Waals surface area contributed by atoms with Crippen LogP contribution in [0.5, 0.6) is 0 Å². The van der Waals surface area contributed by atoms with E-state index in [-0.39, 0.29) is 88.6 Å². The van der Waals surface area contributed by atoms with Crippen LogP contribution in [-0.2, 0) is 55.8 Å². The highest BCUT2D eigenvalue weighted by molar-refractivity contribution is 8.00. The molecule has 0 unspecified atom stereocenters. The zero-order valence-corrected chi connectivity index (χ0v) is 44.6. The normalized spacial score (nSPS) is 16.9. The van der Waals surface area contributed by atoms with Crippen LogP contribution in [0.15, 0.2) is 109 Å². The molecule has 0 aromatic heterocycles. The second kappa shape index (κ2) is 30.9. The van der Waals surface area contributed by atoms with Crippen LogP contribution in [0.25, 0.3) is 16.7 Å². The molecule has 22 heteroatoms. The van der Waals surface area contributed by atoms with Crippen LogP contribution >= 0.6 is 11.8 Å². The van der Waals surface area contributed by atoms with Crippen LogP contribution in [0.4, 0.5) is 9.59 Å². The van der Waals surface area contributed by atoms with E-state index in [0.29, 0.717) is 42.2 Å². The summed E-state index contributed by atoms with van der Waals surface area (Å²) in [6.45, 7) is 0.998. The van der Waals surface area contributed by atoms with Crippen molar-refractivity contribution in [3.05, 3.63) is 137 Å². The summed E-state index contributed by atoms with van der Waals surface area (Å²) < 4.78 is 16.9. The maximum atomic E-state index is 14.3. The maximum absolute atomic E-state index is 14.3. The number of unbranched alkanes of at least 4 members (excludes halogenated alkanes) is 1. The fraction of sp³-hybridized carbons (Fsp3) is 0.421. The first-order valence-corrected chi connectivity index (χ1v) is 27.7. The van der Waals surface area contributed by atoms with Crippen LogP contribution in [0.1, 0.15) is 66.7 Å².